The van der Waals surface area contributed by atoms with Crippen LogP contribution in [-0.2, 0) is 13.1 Å². The summed E-state index contributed by atoms with van der Waals surface area (Å²) in [4.78, 5) is 24.3. The van der Waals surface area contributed by atoms with Gasteiger partial charge in [0.25, 0.3) is 5.91 Å². The van der Waals surface area contributed by atoms with Gasteiger partial charge in [-0.3, -0.25) is 9.78 Å². The molecule has 3 aromatic rings. The maximum Gasteiger partial charge on any atom is 0.270 e. The highest BCUT2D eigenvalue weighted by Crippen LogP contribution is 2.10. The number of benzene rings is 1. The Morgan fingerprint density at radius 1 is 1.00 bits per heavy atom. The van der Waals surface area contributed by atoms with Crippen molar-refractivity contribution in [1.29, 1.82) is 0 Å². The molecule has 0 bridgehead atoms. The van der Waals surface area contributed by atoms with Crippen molar-refractivity contribution in [1.82, 2.24) is 20.3 Å². The third-order valence-electron chi connectivity index (χ3n) is 3.47. The Hall–Kier alpha value is -3.35. The van der Waals surface area contributed by atoms with E-state index in [2.05, 4.69) is 25.6 Å². The van der Waals surface area contributed by atoms with Crippen LogP contribution >= 0.6 is 0 Å². The fourth-order valence-corrected chi connectivity index (χ4v) is 2.17. The molecule has 2 heterocycles. The Balaban J connectivity index is 1.61. The Morgan fingerprint density at radius 3 is 2.64 bits per heavy atom. The first kappa shape index (κ1) is 16.5. The van der Waals surface area contributed by atoms with E-state index in [1.165, 1.54) is 18.5 Å². The van der Waals surface area contributed by atoms with Crippen molar-refractivity contribution in [2.45, 2.75) is 13.1 Å². The van der Waals surface area contributed by atoms with Gasteiger partial charge in [0.15, 0.2) is 0 Å². The third-order valence-corrected chi connectivity index (χ3v) is 3.47. The number of amides is 1. The zero-order valence-corrected chi connectivity index (χ0v) is 13.3. The van der Waals surface area contributed by atoms with Crippen LogP contribution in [0.25, 0.3) is 0 Å². The number of hydrogen-bond acceptors (Lipinski definition) is 5. The fourth-order valence-electron chi connectivity index (χ4n) is 2.17. The molecule has 0 aliphatic carbocycles. The summed E-state index contributed by atoms with van der Waals surface area (Å²) >= 11 is 0. The largest absolute Gasteiger partial charge is 0.366 e. The van der Waals surface area contributed by atoms with Gasteiger partial charge in [-0.2, -0.15) is 0 Å². The standard InChI is InChI=1S/C18H16FN5O/c19-15-7-2-1-5-13(15)10-21-17-9-16(23-12-24-17)18(25)22-11-14-6-3-4-8-20-14/h1-9,12H,10-11H2,(H,22,25)(H,21,23,24). The molecule has 0 fully saturated rings. The summed E-state index contributed by atoms with van der Waals surface area (Å²) < 4.78 is 13.6. The molecule has 1 amide bonds. The number of nitrogens with one attached hydrogen (secondary N) is 2. The van der Waals surface area contributed by atoms with Crippen molar-refractivity contribution in [3.63, 3.8) is 0 Å². The number of nitrogens with zero attached hydrogens (tertiary/aromatic N) is 3. The van der Waals surface area contributed by atoms with E-state index in [1.807, 2.05) is 18.2 Å². The number of anilines is 1. The van der Waals surface area contributed by atoms with E-state index in [0.717, 1.165) is 5.69 Å². The quantitative estimate of drug-likeness (QED) is 0.723. The summed E-state index contributed by atoms with van der Waals surface area (Å²) in [6.45, 7) is 0.570. The van der Waals surface area contributed by atoms with Crippen LogP contribution in [0.3, 0.4) is 0 Å². The van der Waals surface area contributed by atoms with E-state index in [9.17, 15) is 9.18 Å². The molecule has 126 valence electrons. The third kappa shape index (κ3) is 4.57. The molecule has 0 saturated carbocycles. The maximum absolute atomic E-state index is 13.6. The van der Waals surface area contributed by atoms with E-state index in [1.54, 1.807) is 24.4 Å². The lowest BCUT2D eigenvalue weighted by atomic mass is 10.2. The number of rotatable bonds is 6. The van der Waals surface area contributed by atoms with Crippen LogP contribution in [0.5, 0.6) is 0 Å². The van der Waals surface area contributed by atoms with Gasteiger partial charge in [-0.25, -0.2) is 14.4 Å². The SMILES string of the molecule is O=C(NCc1ccccn1)c1cc(NCc2ccccc2F)ncn1. The number of carbonyl (C=O) groups is 1. The molecule has 0 spiro atoms. The van der Waals surface area contributed by atoms with Gasteiger partial charge in [0.1, 0.15) is 23.7 Å². The van der Waals surface area contributed by atoms with Crippen molar-refractivity contribution in [3.8, 4) is 0 Å². The Kier molecular flexibility index (Phi) is 5.26. The van der Waals surface area contributed by atoms with Crippen molar-refractivity contribution in [3.05, 3.63) is 83.8 Å². The number of halogens is 1. The molecule has 0 unspecified atom stereocenters. The first-order chi connectivity index (χ1) is 12.2. The normalized spacial score (nSPS) is 10.3. The molecule has 0 aliphatic heterocycles. The van der Waals surface area contributed by atoms with Gasteiger partial charge >= 0.3 is 0 Å². The Bertz CT molecular complexity index is 857. The van der Waals surface area contributed by atoms with Crippen LogP contribution in [0.4, 0.5) is 10.2 Å². The molecular weight excluding hydrogens is 321 g/mol. The Morgan fingerprint density at radius 2 is 1.84 bits per heavy atom. The van der Waals surface area contributed by atoms with Gasteiger partial charge in [-0.15, -0.1) is 0 Å². The highest BCUT2D eigenvalue weighted by molar-refractivity contribution is 5.92. The molecule has 2 aromatic heterocycles. The van der Waals surface area contributed by atoms with Crippen LogP contribution in [-0.4, -0.2) is 20.9 Å². The minimum absolute atomic E-state index is 0.224. The topological polar surface area (TPSA) is 79.8 Å². The zero-order valence-electron chi connectivity index (χ0n) is 13.3. The smallest absolute Gasteiger partial charge is 0.270 e. The van der Waals surface area contributed by atoms with Crippen molar-refractivity contribution >= 4 is 11.7 Å². The first-order valence-electron chi connectivity index (χ1n) is 7.70. The predicted molar refractivity (Wildman–Crippen MR) is 91.2 cm³/mol. The van der Waals surface area contributed by atoms with Gasteiger partial charge in [0, 0.05) is 24.4 Å². The van der Waals surface area contributed by atoms with Gasteiger partial charge < -0.3 is 10.6 Å². The second-order valence-corrected chi connectivity index (χ2v) is 5.24. The van der Waals surface area contributed by atoms with Crippen LogP contribution in [0, 0.1) is 5.82 Å². The average Bonchev–Trinajstić information content (AvgIpc) is 2.66. The fraction of sp³-hybridized carbons (Fsp3) is 0.111. The molecule has 6 nitrogen and oxygen atoms in total. The molecule has 0 saturated heterocycles. The first-order valence-corrected chi connectivity index (χ1v) is 7.70. The molecule has 7 heteroatoms. The summed E-state index contributed by atoms with van der Waals surface area (Å²) in [5.74, 6) is -0.180. The molecule has 0 radical (unpaired) electrons. The minimum Gasteiger partial charge on any atom is -0.366 e. The predicted octanol–water partition coefficient (Wildman–Crippen LogP) is 2.55. The number of carbonyl (C=O) groups excluding carboxylic acids is 1. The van der Waals surface area contributed by atoms with E-state index in [-0.39, 0.29) is 24.0 Å². The molecular formula is C18H16FN5O. The summed E-state index contributed by atoms with van der Waals surface area (Å²) in [7, 11) is 0. The second kappa shape index (κ2) is 7.96. The van der Waals surface area contributed by atoms with E-state index in [0.29, 0.717) is 17.9 Å². The summed E-state index contributed by atoms with van der Waals surface area (Å²) in [6.07, 6.45) is 2.95. The minimum atomic E-state index is -0.331. The van der Waals surface area contributed by atoms with Crippen molar-refractivity contribution < 1.29 is 9.18 Å². The van der Waals surface area contributed by atoms with Crippen LogP contribution in [0.15, 0.2) is 61.1 Å². The van der Waals surface area contributed by atoms with E-state index in [4.69, 9.17) is 0 Å². The van der Waals surface area contributed by atoms with Crippen LogP contribution in [0.1, 0.15) is 21.7 Å². The average molecular weight is 337 g/mol. The molecule has 3 rings (SSSR count). The molecule has 25 heavy (non-hydrogen) atoms. The summed E-state index contributed by atoms with van der Waals surface area (Å²) in [5, 5.41) is 5.73. The molecule has 0 aliphatic rings. The van der Waals surface area contributed by atoms with E-state index >= 15 is 0 Å². The number of hydrogen-bond donors (Lipinski definition) is 2. The van der Waals surface area contributed by atoms with Gasteiger partial charge in [0.05, 0.1) is 12.2 Å². The lowest BCUT2D eigenvalue weighted by Crippen LogP contribution is -2.24. The highest BCUT2D eigenvalue weighted by Gasteiger charge is 2.09. The van der Waals surface area contributed by atoms with Crippen LogP contribution < -0.4 is 10.6 Å². The lowest BCUT2D eigenvalue weighted by Gasteiger charge is -2.08. The molecule has 1 aromatic carbocycles. The Labute approximate surface area is 144 Å². The van der Waals surface area contributed by atoms with Crippen molar-refractivity contribution in [2.75, 3.05) is 5.32 Å². The summed E-state index contributed by atoms with van der Waals surface area (Å²) in [5.41, 5.74) is 1.49. The van der Waals surface area contributed by atoms with E-state index < -0.39 is 0 Å². The highest BCUT2D eigenvalue weighted by atomic mass is 19.1. The van der Waals surface area contributed by atoms with Gasteiger partial charge in [-0.1, -0.05) is 24.3 Å². The lowest BCUT2D eigenvalue weighted by molar-refractivity contribution is 0.0945. The van der Waals surface area contributed by atoms with Crippen LogP contribution in [0.2, 0.25) is 0 Å². The summed E-state index contributed by atoms with van der Waals surface area (Å²) in [6, 6.07) is 13.5. The van der Waals surface area contributed by atoms with Crippen molar-refractivity contribution in [2.24, 2.45) is 0 Å². The molecule has 0 atom stereocenters. The monoisotopic (exact) mass is 337 g/mol. The second-order valence-electron chi connectivity index (χ2n) is 5.24. The molecule has 2 N–H and O–H groups in total. The van der Waals surface area contributed by atoms with Gasteiger partial charge in [0.2, 0.25) is 0 Å². The maximum atomic E-state index is 13.6. The zero-order chi connectivity index (χ0) is 17.5. The number of aromatic nitrogens is 3. The number of pyridine rings is 1. The van der Waals surface area contributed by atoms with Gasteiger partial charge in [-0.05, 0) is 18.2 Å².